The zero-order valence-electron chi connectivity index (χ0n) is 73.4. The summed E-state index contributed by atoms with van der Waals surface area (Å²) in [5.74, 6) is 2.51. The van der Waals surface area contributed by atoms with Crippen LogP contribution in [0.1, 0.15) is 26.3 Å². The molecule has 0 fully saturated rings. The zero-order chi connectivity index (χ0) is 88.5. The first-order valence-electron chi connectivity index (χ1n) is 45.7. The molecule has 12 heteroatoms. The van der Waals surface area contributed by atoms with Crippen LogP contribution in [0.25, 0.3) is 254 Å². The van der Waals surface area contributed by atoms with E-state index in [0.717, 1.165) is 134 Å². The first kappa shape index (κ1) is 76.3. The Balaban J connectivity index is 0.000000103. The third-order valence-electron chi connectivity index (χ3n) is 27.5. The predicted molar refractivity (Wildman–Crippen MR) is 557 cm³/mol. The molecule has 0 N–H and O–H groups in total. The van der Waals surface area contributed by atoms with Crippen LogP contribution in [0.15, 0.2) is 431 Å². The van der Waals surface area contributed by atoms with E-state index in [1.807, 2.05) is 36.4 Å². The van der Waals surface area contributed by atoms with Crippen LogP contribution < -0.4 is 0 Å². The van der Waals surface area contributed by atoms with Crippen LogP contribution in [-0.2, 0) is 5.41 Å². The summed E-state index contributed by atoms with van der Waals surface area (Å²) in [6.07, 6.45) is 0. The molecule has 0 atom stereocenters. The third-order valence-corrected chi connectivity index (χ3v) is 27.5. The van der Waals surface area contributed by atoms with Crippen LogP contribution in [-0.4, -0.2) is 56.8 Å². The summed E-state index contributed by atoms with van der Waals surface area (Å²) in [6, 6.07) is 154. The number of nitrogens with zero attached hydrogens (tertiary/aromatic N) is 12. The second-order valence-electron chi connectivity index (χ2n) is 36.1. The van der Waals surface area contributed by atoms with Crippen LogP contribution in [0.2, 0.25) is 0 Å². The van der Waals surface area contributed by atoms with Gasteiger partial charge in [0.1, 0.15) is 16.9 Å². The minimum Gasteiger partial charge on any atom is -0.279 e. The van der Waals surface area contributed by atoms with Crippen molar-refractivity contribution in [1.29, 1.82) is 0 Å². The molecule has 9 heterocycles. The quantitative estimate of drug-likeness (QED) is 0.147. The summed E-state index contributed by atoms with van der Waals surface area (Å²) in [6.45, 7) is 6.76. The fraction of sp³-hybridized carbons (Fsp3) is 0.0328. The number of aromatic nitrogens is 12. The molecule has 20 aromatic carbocycles. The normalized spacial score (nSPS) is 12.1. The van der Waals surface area contributed by atoms with Gasteiger partial charge in [0.05, 0.1) is 82.8 Å². The molecule has 29 aromatic rings. The lowest BCUT2D eigenvalue weighted by Crippen LogP contribution is -2.10. The van der Waals surface area contributed by atoms with Crippen molar-refractivity contribution < 1.29 is 0 Å². The fourth-order valence-corrected chi connectivity index (χ4v) is 21.1. The van der Waals surface area contributed by atoms with Crippen molar-refractivity contribution in [3.8, 4) is 62.4 Å². The van der Waals surface area contributed by atoms with Crippen molar-refractivity contribution in [2.75, 3.05) is 0 Å². The maximum atomic E-state index is 5.32. The summed E-state index contributed by atoms with van der Waals surface area (Å²) in [4.78, 5) is 31.1. The van der Waals surface area contributed by atoms with Crippen molar-refractivity contribution >= 4 is 191 Å². The number of hydrogen-bond donors (Lipinski definition) is 0. The lowest BCUT2D eigenvalue weighted by Gasteiger charge is -2.19. The average Bonchev–Trinajstić information content (AvgIpc) is 1.54. The molecule has 0 unspecified atom stereocenters. The number of imidazole rings is 3. The molecule has 134 heavy (non-hydrogen) atoms. The second kappa shape index (κ2) is 29.9. The molecule has 0 radical (unpaired) electrons. The largest absolute Gasteiger partial charge is 0.279 e. The summed E-state index contributed by atoms with van der Waals surface area (Å²) in [5, 5.41) is 20.6. The minimum atomic E-state index is 0.131. The molecular formula is C122H80N12. The van der Waals surface area contributed by atoms with Gasteiger partial charge in [-0.25, -0.2) is 29.9 Å². The van der Waals surface area contributed by atoms with Gasteiger partial charge in [0.15, 0.2) is 0 Å². The Bertz CT molecular complexity index is 9930. The lowest BCUT2D eigenvalue weighted by atomic mass is 9.86. The SMILES string of the molecule is CC(C)(C)c1ccc(-c2ccc3c(c2)c2ccccc2n3-c2nc3ccccc3c3nc4ccccc4n23)cc1.c1ccc2c(-c3ccc(-c4ccc5c(c4)c4ccccc4n5-c4nc5ccccc5c5nc6ccccc6n45)cc3)cccc2c1.c1ccc2c(c1)nc(-n1c3ccccc3c3cc(-c4ccc5c6ccccc6c6ccccc6c5c4)ccc31)n1c3ccccc3nc21. The van der Waals surface area contributed by atoms with Gasteiger partial charge < -0.3 is 0 Å². The van der Waals surface area contributed by atoms with Gasteiger partial charge in [-0.05, 0) is 232 Å². The molecule has 0 amide bonds. The Morgan fingerprint density at radius 3 is 0.821 bits per heavy atom. The molecule has 12 nitrogen and oxygen atoms in total. The summed E-state index contributed by atoms with van der Waals surface area (Å²) >= 11 is 0. The van der Waals surface area contributed by atoms with Gasteiger partial charge >= 0.3 is 0 Å². The third kappa shape index (κ3) is 11.9. The van der Waals surface area contributed by atoms with Gasteiger partial charge in [0.25, 0.3) is 0 Å². The lowest BCUT2D eigenvalue weighted by molar-refractivity contribution is 0.590. The van der Waals surface area contributed by atoms with E-state index in [0.29, 0.717) is 0 Å². The molecule has 9 aromatic heterocycles. The smallest absolute Gasteiger partial charge is 0.221 e. The monoisotopic (exact) mass is 1710 g/mol. The van der Waals surface area contributed by atoms with Crippen molar-refractivity contribution in [2.45, 2.75) is 26.2 Å². The molecule has 0 aliphatic rings. The van der Waals surface area contributed by atoms with Gasteiger partial charge in [-0.15, -0.1) is 0 Å². The van der Waals surface area contributed by atoms with E-state index >= 15 is 0 Å². The highest BCUT2D eigenvalue weighted by molar-refractivity contribution is 6.26. The summed E-state index contributed by atoms with van der Waals surface area (Å²) in [5.41, 5.74) is 29.4. The molecular weight excluding hydrogens is 1630 g/mol. The second-order valence-corrected chi connectivity index (χ2v) is 36.1. The van der Waals surface area contributed by atoms with Crippen LogP contribution in [0.4, 0.5) is 0 Å². The average molecular weight is 1710 g/mol. The van der Waals surface area contributed by atoms with Crippen LogP contribution in [0, 0.1) is 0 Å². The van der Waals surface area contributed by atoms with Crippen molar-refractivity contribution in [2.24, 2.45) is 0 Å². The van der Waals surface area contributed by atoms with Crippen LogP contribution in [0.5, 0.6) is 0 Å². The topological polar surface area (TPSA) is 105 Å². The molecule has 0 aliphatic carbocycles. The van der Waals surface area contributed by atoms with E-state index in [1.165, 1.54) is 125 Å². The van der Waals surface area contributed by atoms with Gasteiger partial charge in [-0.3, -0.25) is 26.9 Å². The molecule has 628 valence electrons. The van der Waals surface area contributed by atoms with E-state index in [1.54, 1.807) is 0 Å². The Kier molecular flexibility index (Phi) is 17.0. The predicted octanol–water partition coefficient (Wildman–Crippen LogP) is 31.0. The molecule has 0 aliphatic heterocycles. The maximum Gasteiger partial charge on any atom is 0.221 e. The maximum absolute atomic E-state index is 5.32. The number of hydrogen-bond acceptors (Lipinski definition) is 6. The van der Waals surface area contributed by atoms with Crippen molar-refractivity contribution in [3.05, 3.63) is 436 Å². The summed E-state index contributed by atoms with van der Waals surface area (Å²) in [7, 11) is 0. The molecule has 0 bridgehead atoms. The number of benzene rings is 20. The van der Waals surface area contributed by atoms with E-state index < -0.39 is 0 Å². The first-order chi connectivity index (χ1) is 66.1. The Labute approximate surface area is 767 Å². The standard InChI is InChI=1S/C44H26N4.C42H26N4.C36H28N4/c1-2-13-31-29(11-1)30-12-3-4-14-32(30)36-25-27(21-23-33(31)36)28-22-24-41-37(26-28)34-15-6-9-19-40(34)47(41)44-46-38-17-7-5-16-35(38)43-45-39-18-8-10-20-42(39)48(43)44;1-2-12-31-28(10-1)11-9-15-32(31)29-22-20-27(21-23-29)30-24-25-39-35(26-30)33-13-4-7-18-38(33)45(39)42-44-36-16-5-3-14-34(36)41-43-37-17-6-8-19-40(37)46(41)42;1-36(2,3)25-19-16-23(17-20-25)24-18-21-32-28(22-24)26-10-5-8-14-31(26)39(32)35-38-29-12-6-4-11-27(29)34-37-30-13-7-9-15-33(30)40(34)35/h1-26H;1-26H;4-22H,1-3H3. The van der Waals surface area contributed by atoms with Crippen LogP contribution >= 0.6 is 0 Å². The minimum absolute atomic E-state index is 0.131. The van der Waals surface area contributed by atoms with Gasteiger partial charge in [0.2, 0.25) is 17.8 Å². The van der Waals surface area contributed by atoms with Crippen molar-refractivity contribution in [3.63, 3.8) is 0 Å². The molecule has 29 rings (SSSR count). The Hall–Kier alpha value is -17.7. The fourth-order valence-electron chi connectivity index (χ4n) is 21.1. The number of fused-ring (bicyclic) bond motifs is 31. The molecule has 0 spiro atoms. The van der Waals surface area contributed by atoms with Gasteiger partial charge in [-0.2, -0.15) is 0 Å². The Morgan fingerprint density at radius 2 is 0.433 bits per heavy atom. The molecule has 0 saturated carbocycles. The first-order valence-corrected chi connectivity index (χ1v) is 45.7. The highest BCUT2D eigenvalue weighted by atomic mass is 15.3. The molecule has 0 saturated heterocycles. The van der Waals surface area contributed by atoms with Gasteiger partial charge in [0, 0.05) is 48.5 Å². The number of para-hydroxylation sites is 12. The van der Waals surface area contributed by atoms with Crippen molar-refractivity contribution in [1.82, 2.24) is 56.8 Å². The van der Waals surface area contributed by atoms with E-state index in [2.05, 4.69) is 442 Å². The number of rotatable bonds is 7. The van der Waals surface area contributed by atoms with E-state index in [9.17, 15) is 0 Å². The van der Waals surface area contributed by atoms with Gasteiger partial charge in [-0.1, -0.05) is 318 Å². The summed E-state index contributed by atoms with van der Waals surface area (Å²) < 4.78 is 13.5. The highest BCUT2D eigenvalue weighted by Crippen LogP contribution is 2.45. The van der Waals surface area contributed by atoms with Crippen LogP contribution in [0.3, 0.4) is 0 Å². The highest BCUT2D eigenvalue weighted by Gasteiger charge is 2.27. The van der Waals surface area contributed by atoms with E-state index in [4.69, 9.17) is 29.9 Å². The van der Waals surface area contributed by atoms with E-state index in [-0.39, 0.29) is 5.41 Å². The zero-order valence-corrected chi connectivity index (χ0v) is 73.4. The Morgan fingerprint density at radius 1 is 0.172 bits per heavy atom.